The van der Waals surface area contributed by atoms with Gasteiger partial charge in [0.05, 0.1) is 10.6 Å². The summed E-state index contributed by atoms with van der Waals surface area (Å²) in [6.07, 6.45) is 0. The summed E-state index contributed by atoms with van der Waals surface area (Å²) >= 11 is 4.58. The summed E-state index contributed by atoms with van der Waals surface area (Å²) in [5, 5.41) is 13.1. The molecule has 0 radical (unpaired) electrons. The molecule has 9 heteroatoms. The lowest BCUT2D eigenvalue weighted by Crippen LogP contribution is -2.12. The molecule has 3 aromatic heterocycles. The maximum atomic E-state index is 12.5. The largest absolute Gasteiger partial charge is 0.330 e. The zero-order chi connectivity index (χ0) is 19.8. The van der Waals surface area contributed by atoms with Crippen LogP contribution in [-0.4, -0.2) is 20.2 Å². The molecule has 144 valence electrons. The molecule has 0 spiro atoms. The number of fused-ring (bicyclic) bond motifs is 1. The van der Waals surface area contributed by atoms with Crippen LogP contribution in [0.1, 0.15) is 34.0 Å². The average molecular weight is 430 g/mol. The van der Waals surface area contributed by atoms with Crippen LogP contribution in [0.5, 0.6) is 0 Å². The highest BCUT2D eigenvalue weighted by Gasteiger charge is 2.18. The first-order valence-electron chi connectivity index (χ1n) is 8.74. The molecule has 0 saturated carbocycles. The van der Waals surface area contributed by atoms with Crippen LogP contribution in [0.25, 0.3) is 10.2 Å². The smallest absolute Gasteiger partial charge is 0.259 e. The van der Waals surface area contributed by atoms with E-state index in [1.54, 1.807) is 11.3 Å². The second kappa shape index (κ2) is 7.65. The number of hydrogen-bond donors (Lipinski definition) is 2. The summed E-state index contributed by atoms with van der Waals surface area (Å²) in [7, 11) is 0. The normalized spacial score (nSPS) is 12.4. The Morgan fingerprint density at radius 2 is 2.00 bits per heavy atom. The molecular weight excluding hydrogens is 410 g/mol. The maximum Gasteiger partial charge on any atom is 0.259 e. The van der Waals surface area contributed by atoms with E-state index in [1.807, 2.05) is 32.9 Å². The quantitative estimate of drug-likeness (QED) is 0.416. The molecule has 0 aliphatic rings. The lowest BCUT2D eigenvalue weighted by molar-refractivity contribution is 0.919. The van der Waals surface area contributed by atoms with E-state index >= 15 is 0 Å². The number of nitrogens with zero attached hydrogens (tertiary/aromatic N) is 3. The Morgan fingerprint density at radius 1 is 1.18 bits per heavy atom. The number of hydrogen-bond acceptors (Lipinski definition) is 8. The van der Waals surface area contributed by atoms with Gasteiger partial charge in [-0.1, -0.05) is 35.2 Å². The van der Waals surface area contributed by atoms with Gasteiger partial charge in [0.15, 0.2) is 4.34 Å². The number of aromatic nitrogens is 4. The molecule has 28 heavy (non-hydrogen) atoms. The number of aryl methyl sites for hydroxylation is 3. The Hall–Kier alpha value is -2.23. The first kappa shape index (κ1) is 19.1. The fraction of sp³-hybridized carbons (Fsp3) is 0.263. The molecule has 2 N–H and O–H groups in total. The lowest BCUT2D eigenvalue weighted by Gasteiger charge is -2.08. The SMILES string of the molecule is Cc1cccc(Nc2nnc(SC(C)c3nc4sc(C)c(C)c4c(=O)[nH]3)s2)c1. The minimum Gasteiger partial charge on any atom is -0.330 e. The highest BCUT2D eigenvalue weighted by molar-refractivity contribution is 8.01. The predicted molar refractivity (Wildman–Crippen MR) is 118 cm³/mol. The van der Waals surface area contributed by atoms with E-state index in [0.717, 1.165) is 30.4 Å². The molecule has 1 unspecified atom stereocenters. The Balaban J connectivity index is 1.52. The van der Waals surface area contributed by atoms with Gasteiger partial charge < -0.3 is 10.3 Å². The van der Waals surface area contributed by atoms with Crippen molar-refractivity contribution in [2.24, 2.45) is 0 Å². The summed E-state index contributed by atoms with van der Waals surface area (Å²) in [5.41, 5.74) is 3.10. The van der Waals surface area contributed by atoms with Crippen LogP contribution in [0.4, 0.5) is 10.8 Å². The molecule has 4 aromatic rings. The van der Waals surface area contributed by atoms with Crippen LogP contribution < -0.4 is 10.9 Å². The zero-order valence-electron chi connectivity index (χ0n) is 15.9. The molecule has 1 atom stereocenters. The monoisotopic (exact) mass is 429 g/mol. The van der Waals surface area contributed by atoms with Crippen molar-refractivity contribution in [3.63, 3.8) is 0 Å². The van der Waals surface area contributed by atoms with E-state index in [-0.39, 0.29) is 10.8 Å². The first-order chi connectivity index (χ1) is 13.4. The second-order valence-electron chi connectivity index (χ2n) is 6.54. The van der Waals surface area contributed by atoms with Gasteiger partial charge in [0, 0.05) is 10.6 Å². The topological polar surface area (TPSA) is 83.6 Å². The van der Waals surface area contributed by atoms with E-state index in [2.05, 4.69) is 44.5 Å². The van der Waals surface area contributed by atoms with Crippen LogP contribution in [0.15, 0.2) is 33.4 Å². The van der Waals surface area contributed by atoms with E-state index in [4.69, 9.17) is 0 Å². The van der Waals surface area contributed by atoms with Gasteiger partial charge in [0.25, 0.3) is 5.56 Å². The molecule has 6 nitrogen and oxygen atoms in total. The van der Waals surface area contributed by atoms with E-state index in [9.17, 15) is 4.79 Å². The Kier molecular flexibility index (Phi) is 5.22. The van der Waals surface area contributed by atoms with Crippen molar-refractivity contribution in [3.05, 3.63) is 56.4 Å². The fourth-order valence-corrected chi connectivity index (χ4v) is 5.84. The number of thioether (sulfide) groups is 1. The van der Waals surface area contributed by atoms with Gasteiger partial charge in [-0.05, 0) is 51.0 Å². The number of rotatable bonds is 5. The van der Waals surface area contributed by atoms with Crippen LogP contribution in [-0.2, 0) is 0 Å². The van der Waals surface area contributed by atoms with Crippen molar-refractivity contribution >= 4 is 55.5 Å². The van der Waals surface area contributed by atoms with Gasteiger partial charge in [-0.3, -0.25) is 4.79 Å². The molecule has 0 saturated heterocycles. The molecule has 0 aliphatic heterocycles. The van der Waals surface area contributed by atoms with Crippen molar-refractivity contribution < 1.29 is 0 Å². The molecular formula is C19H19N5OS3. The molecule has 0 bridgehead atoms. The zero-order valence-corrected chi connectivity index (χ0v) is 18.3. The lowest BCUT2D eigenvalue weighted by atomic mass is 10.2. The molecule has 0 amide bonds. The predicted octanol–water partition coefficient (Wildman–Crippen LogP) is 5.36. The Morgan fingerprint density at radius 3 is 2.79 bits per heavy atom. The fourth-order valence-electron chi connectivity index (χ4n) is 2.83. The van der Waals surface area contributed by atoms with Crippen LogP contribution in [0.2, 0.25) is 0 Å². The maximum absolute atomic E-state index is 12.5. The van der Waals surface area contributed by atoms with Crippen molar-refractivity contribution in [2.75, 3.05) is 5.32 Å². The summed E-state index contributed by atoms with van der Waals surface area (Å²) in [5.74, 6) is 0.659. The minimum atomic E-state index is -0.0756. The first-order valence-corrected chi connectivity index (χ1v) is 11.3. The van der Waals surface area contributed by atoms with Gasteiger partial charge in [0.2, 0.25) is 5.13 Å². The molecule has 1 aromatic carbocycles. The van der Waals surface area contributed by atoms with E-state index < -0.39 is 0 Å². The van der Waals surface area contributed by atoms with Gasteiger partial charge in [-0.2, -0.15) is 0 Å². The third-order valence-corrected chi connectivity index (χ3v) is 7.53. The standard InChI is InChI=1S/C19H19N5OS3/c1-9-6-5-7-13(8-9)20-18-23-24-19(28-18)27-12(4)15-21-16(25)14-10(2)11(3)26-17(14)22-15/h5-8,12H,1-4H3,(H,20,23)(H,21,22,25). The highest BCUT2D eigenvalue weighted by Crippen LogP contribution is 2.37. The number of anilines is 2. The average Bonchev–Trinajstić information content (AvgIpc) is 3.19. The van der Waals surface area contributed by atoms with E-state index in [1.165, 1.54) is 28.7 Å². The van der Waals surface area contributed by atoms with E-state index in [0.29, 0.717) is 11.2 Å². The van der Waals surface area contributed by atoms with Crippen LogP contribution in [0, 0.1) is 20.8 Å². The molecule has 0 aliphatic carbocycles. The third-order valence-electron chi connectivity index (χ3n) is 4.40. The Bertz CT molecular complexity index is 1210. The molecule has 3 heterocycles. The van der Waals surface area contributed by atoms with Crippen molar-refractivity contribution in [3.8, 4) is 0 Å². The summed E-state index contributed by atoms with van der Waals surface area (Å²) in [4.78, 5) is 22.0. The van der Waals surface area contributed by atoms with Crippen LogP contribution >= 0.6 is 34.4 Å². The van der Waals surface area contributed by atoms with Gasteiger partial charge in [0.1, 0.15) is 10.7 Å². The van der Waals surface area contributed by atoms with Crippen molar-refractivity contribution in [1.82, 2.24) is 20.2 Å². The summed E-state index contributed by atoms with van der Waals surface area (Å²) in [6.45, 7) is 8.04. The summed E-state index contributed by atoms with van der Waals surface area (Å²) in [6, 6.07) is 8.11. The second-order valence-corrected chi connectivity index (χ2v) is 10.3. The number of nitrogens with one attached hydrogen (secondary N) is 2. The third kappa shape index (κ3) is 3.82. The molecule has 0 fully saturated rings. The number of thiophene rings is 1. The van der Waals surface area contributed by atoms with Crippen molar-refractivity contribution in [2.45, 2.75) is 37.3 Å². The minimum absolute atomic E-state index is 0.0421. The summed E-state index contributed by atoms with van der Waals surface area (Å²) < 4.78 is 0.823. The van der Waals surface area contributed by atoms with Crippen LogP contribution in [0.3, 0.4) is 0 Å². The molecule has 4 rings (SSSR count). The highest BCUT2D eigenvalue weighted by atomic mass is 32.2. The van der Waals surface area contributed by atoms with Gasteiger partial charge in [-0.25, -0.2) is 4.98 Å². The van der Waals surface area contributed by atoms with Gasteiger partial charge >= 0.3 is 0 Å². The number of benzene rings is 1. The Labute approximate surface area is 174 Å². The van der Waals surface area contributed by atoms with Gasteiger partial charge in [-0.15, -0.1) is 21.5 Å². The number of aromatic amines is 1. The van der Waals surface area contributed by atoms with Crippen molar-refractivity contribution in [1.29, 1.82) is 0 Å². The number of H-pyrrole nitrogens is 1.